The van der Waals surface area contributed by atoms with E-state index in [9.17, 15) is 19.5 Å². The molecule has 0 spiro atoms. The number of thiophene rings is 1. The van der Waals surface area contributed by atoms with Crippen LogP contribution in [0.3, 0.4) is 0 Å². The molecule has 1 unspecified atom stereocenters. The Morgan fingerprint density at radius 2 is 2.18 bits per heavy atom. The van der Waals surface area contributed by atoms with E-state index in [2.05, 4.69) is 11.9 Å². The number of hydrogen-bond donors (Lipinski definition) is 2. The summed E-state index contributed by atoms with van der Waals surface area (Å²) < 4.78 is 5.31. The number of amides is 2. The zero-order valence-electron chi connectivity index (χ0n) is 14.6. The predicted molar refractivity (Wildman–Crippen MR) is 105 cm³/mol. The van der Waals surface area contributed by atoms with Gasteiger partial charge in [-0.1, -0.05) is 12.6 Å². The number of fused-ring (bicyclic) bond motifs is 1. The minimum Gasteiger partial charge on any atom is -0.477 e. The lowest BCUT2D eigenvalue weighted by atomic mass is 9.98. The molecule has 2 atom stereocenters. The Balaban J connectivity index is 1.53. The summed E-state index contributed by atoms with van der Waals surface area (Å²) >= 11 is 2.87. The summed E-state index contributed by atoms with van der Waals surface area (Å²) in [6.45, 7) is 3.94. The fourth-order valence-electron chi connectivity index (χ4n) is 3.24. The third-order valence-corrected chi connectivity index (χ3v) is 6.74. The Labute approximate surface area is 168 Å². The second-order valence-corrected chi connectivity index (χ2v) is 8.44. The third-order valence-electron chi connectivity index (χ3n) is 4.59. The van der Waals surface area contributed by atoms with Gasteiger partial charge in [-0.15, -0.1) is 23.1 Å². The number of allylic oxidation sites excluding steroid dienone is 1. The normalized spacial score (nSPS) is 21.1. The topological polar surface area (TPSA) is 99.9 Å². The van der Waals surface area contributed by atoms with E-state index in [0.717, 1.165) is 4.88 Å². The average Bonchev–Trinajstić information content (AvgIpc) is 3.38. The molecule has 144 valence electrons. The third kappa shape index (κ3) is 3.16. The summed E-state index contributed by atoms with van der Waals surface area (Å²) in [6.07, 6.45) is 1.68. The first kappa shape index (κ1) is 18.6. The number of carboxylic acid groups (broad SMARTS) is 1. The van der Waals surface area contributed by atoms with Crippen LogP contribution in [-0.4, -0.2) is 45.0 Å². The molecule has 2 aliphatic heterocycles. The van der Waals surface area contributed by atoms with Crippen LogP contribution in [0.2, 0.25) is 0 Å². The first-order valence-electron chi connectivity index (χ1n) is 8.43. The summed E-state index contributed by atoms with van der Waals surface area (Å²) in [7, 11) is 0. The summed E-state index contributed by atoms with van der Waals surface area (Å²) in [6, 6.07) is 6.36. The van der Waals surface area contributed by atoms with E-state index in [1.54, 1.807) is 12.1 Å². The highest BCUT2D eigenvalue weighted by atomic mass is 32.2. The van der Waals surface area contributed by atoms with Gasteiger partial charge in [0, 0.05) is 21.8 Å². The highest BCUT2D eigenvalue weighted by Crippen LogP contribution is 2.43. The standard InChI is InChI=1S/C19H16N2O5S2/c1-10(13-5-2-6-26-13)12-9-28-18-15(17(23)21(18)16(12)19(24)25)20-14(22)8-11-4-3-7-27-11/h2-7,15,18H,1,8-9H2,(H,20,22)(H,24,25)/t15?,18-/m0/s1. The number of carboxylic acids is 1. The second kappa shape index (κ2) is 7.33. The van der Waals surface area contributed by atoms with E-state index in [-0.39, 0.29) is 18.0 Å². The highest BCUT2D eigenvalue weighted by molar-refractivity contribution is 8.00. The Morgan fingerprint density at radius 3 is 2.82 bits per heavy atom. The minimum atomic E-state index is -1.20. The van der Waals surface area contributed by atoms with Gasteiger partial charge in [0.25, 0.3) is 5.91 Å². The van der Waals surface area contributed by atoms with E-state index >= 15 is 0 Å². The van der Waals surface area contributed by atoms with Crippen LogP contribution in [0.15, 0.2) is 58.2 Å². The number of carbonyl (C=O) groups excluding carboxylic acids is 2. The molecule has 2 aliphatic rings. The van der Waals surface area contributed by atoms with E-state index in [0.29, 0.717) is 22.7 Å². The molecule has 4 rings (SSSR count). The summed E-state index contributed by atoms with van der Waals surface area (Å²) in [5.41, 5.74) is 0.783. The molecular formula is C19H16N2O5S2. The molecule has 2 N–H and O–H groups in total. The van der Waals surface area contributed by atoms with Gasteiger partial charge in [-0.2, -0.15) is 0 Å². The molecule has 1 fully saturated rings. The molecule has 9 heteroatoms. The van der Waals surface area contributed by atoms with Gasteiger partial charge in [-0.05, 0) is 23.6 Å². The first-order chi connectivity index (χ1) is 13.5. The van der Waals surface area contributed by atoms with Crippen molar-refractivity contribution in [3.05, 3.63) is 64.4 Å². The van der Waals surface area contributed by atoms with Crippen LogP contribution in [0.25, 0.3) is 5.57 Å². The van der Waals surface area contributed by atoms with Gasteiger partial charge in [0.2, 0.25) is 5.91 Å². The molecule has 4 heterocycles. The van der Waals surface area contributed by atoms with Crippen molar-refractivity contribution in [2.45, 2.75) is 17.8 Å². The largest absolute Gasteiger partial charge is 0.477 e. The van der Waals surface area contributed by atoms with Crippen LogP contribution in [-0.2, 0) is 20.8 Å². The number of nitrogens with zero attached hydrogens (tertiary/aromatic N) is 1. The van der Waals surface area contributed by atoms with E-state index in [1.165, 1.54) is 34.3 Å². The van der Waals surface area contributed by atoms with Gasteiger partial charge in [-0.3, -0.25) is 14.5 Å². The minimum absolute atomic E-state index is 0.0982. The van der Waals surface area contributed by atoms with Crippen molar-refractivity contribution >= 4 is 46.5 Å². The molecular weight excluding hydrogens is 400 g/mol. The average molecular weight is 416 g/mol. The van der Waals surface area contributed by atoms with Gasteiger partial charge >= 0.3 is 5.97 Å². The Hall–Kier alpha value is -2.78. The van der Waals surface area contributed by atoms with Crippen LogP contribution >= 0.6 is 23.1 Å². The molecule has 28 heavy (non-hydrogen) atoms. The maximum atomic E-state index is 12.7. The van der Waals surface area contributed by atoms with Crippen molar-refractivity contribution in [3.63, 3.8) is 0 Å². The van der Waals surface area contributed by atoms with Gasteiger partial charge in [-0.25, -0.2) is 4.79 Å². The van der Waals surface area contributed by atoms with Crippen molar-refractivity contribution in [1.29, 1.82) is 0 Å². The Bertz CT molecular complexity index is 978. The number of carbonyl (C=O) groups is 3. The fourth-order valence-corrected chi connectivity index (χ4v) is 5.33. The molecule has 7 nitrogen and oxygen atoms in total. The number of hydrogen-bond acceptors (Lipinski definition) is 6. The maximum Gasteiger partial charge on any atom is 0.352 e. The summed E-state index contributed by atoms with van der Waals surface area (Å²) in [5.74, 6) is -1.08. The highest BCUT2D eigenvalue weighted by Gasteiger charge is 2.54. The van der Waals surface area contributed by atoms with E-state index in [4.69, 9.17) is 4.42 Å². The second-order valence-electron chi connectivity index (χ2n) is 6.30. The molecule has 0 aliphatic carbocycles. The number of aliphatic carboxylic acids is 1. The zero-order chi connectivity index (χ0) is 19.8. The lowest BCUT2D eigenvalue weighted by molar-refractivity contribution is -0.150. The lowest BCUT2D eigenvalue weighted by Crippen LogP contribution is -2.70. The molecule has 2 amide bonds. The Kier molecular flexibility index (Phi) is 4.86. The number of β-lactam (4-membered cyclic amide) rings is 1. The SMILES string of the molecule is C=C(C1=C(C(=O)O)N2C(=O)C(NC(=O)Cc3cccs3)[C@@H]2SC1)c1ccco1. The van der Waals surface area contributed by atoms with Gasteiger partial charge in [0.1, 0.15) is 22.9 Å². The quantitative estimate of drug-likeness (QED) is 0.701. The van der Waals surface area contributed by atoms with Crippen LogP contribution in [0.1, 0.15) is 10.6 Å². The van der Waals surface area contributed by atoms with Crippen LogP contribution in [0, 0.1) is 0 Å². The van der Waals surface area contributed by atoms with E-state index in [1.807, 2.05) is 17.5 Å². The fraction of sp³-hybridized carbons (Fsp3) is 0.211. The molecule has 0 saturated carbocycles. The molecule has 0 aromatic carbocycles. The number of rotatable bonds is 6. The monoisotopic (exact) mass is 416 g/mol. The lowest BCUT2D eigenvalue weighted by Gasteiger charge is -2.49. The maximum absolute atomic E-state index is 12.7. The number of thioether (sulfide) groups is 1. The van der Waals surface area contributed by atoms with Crippen molar-refractivity contribution in [1.82, 2.24) is 10.2 Å². The van der Waals surface area contributed by atoms with Crippen LogP contribution < -0.4 is 5.32 Å². The molecule has 2 aromatic heterocycles. The molecule has 2 aromatic rings. The summed E-state index contributed by atoms with van der Waals surface area (Å²) in [4.78, 5) is 38.9. The van der Waals surface area contributed by atoms with E-state index < -0.39 is 23.3 Å². The van der Waals surface area contributed by atoms with Gasteiger partial charge in [0.15, 0.2) is 0 Å². The molecule has 0 bridgehead atoms. The molecule has 0 radical (unpaired) electrons. The van der Waals surface area contributed by atoms with Crippen LogP contribution in [0.4, 0.5) is 0 Å². The summed E-state index contributed by atoms with van der Waals surface area (Å²) in [5, 5.41) is 13.9. The van der Waals surface area contributed by atoms with Crippen molar-refractivity contribution in [2.24, 2.45) is 0 Å². The number of furan rings is 1. The van der Waals surface area contributed by atoms with Crippen molar-refractivity contribution < 1.29 is 23.9 Å². The van der Waals surface area contributed by atoms with Crippen molar-refractivity contribution in [3.8, 4) is 0 Å². The zero-order valence-corrected chi connectivity index (χ0v) is 16.2. The first-order valence-corrected chi connectivity index (χ1v) is 10.4. The predicted octanol–water partition coefficient (Wildman–Crippen LogP) is 2.34. The number of nitrogens with one attached hydrogen (secondary N) is 1. The molecule has 1 saturated heterocycles. The van der Waals surface area contributed by atoms with Crippen molar-refractivity contribution in [2.75, 3.05) is 5.75 Å². The Morgan fingerprint density at radius 1 is 1.36 bits per heavy atom. The smallest absolute Gasteiger partial charge is 0.352 e. The van der Waals surface area contributed by atoms with Gasteiger partial charge < -0.3 is 14.8 Å². The van der Waals surface area contributed by atoms with Gasteiger partial charge in [0.05, 0.1) is 12.7 Å². The van der Waals surface area contributed by atoms with Crippen LogP contribution in [0.5, 0.6) is 0 Å².